The third kappa shape index (κ3) is 9.34. The molecule has 1 saturated heterocycles. The lowest BCUT2D eigenvalue weighted by Crippen LogP contribution is -2.09. The summed E-state index contributed by atoms with van der Waals surface area (Å²) in [5.74, 6) is 0.258. The molecule has 0 radical (unpaired) electrons. The van der Waals surface area contributed by atoms with E-state index in [1.807, 2.05) is 13.8 Å². The maximum Gasteiger partial charge on any atom is 0.267 e. The van der Waals surface area contributed by atoms with Crippen molar-refractivity contribution in [3.8, 4) is 11.5 Å². The van der Waals surface area contributed by atoms with Gasteiger partial charge in [-0.25, -0.2) is 13.1 Å². The Bertz CT molecular complexity index is 979. The van der Waals surface area contributed by atoms with Crippen LogP contribution in [0.1, 0.15) is 79.1 Å². The third-order valence-electron chi connectivity index (χ3n) is 5.45. The van der Waals surface area contributed by atoms with Crippen molar-refractivity contribution < 1.29 is 18.3 Å². The Morgan fingerprint density at radius 1 is 0.971 bits per heavy atom. The molecule has 3 nitrogen and oxygen atoms in total. The topological polar surface area (TPSA) is 21.7 Å². The first-order valence-electron chi connectivity index (χ1n) is 12.5. The fourth-order valence-electron chi connectivity index (χ4n) is 3.34. The van der Waals surface area contributed by atoms with Gasteiger partial charge in [0.25, 0.3) is 6.29 Å². The zero-order valence-corrected chi connectivity index (χ0v) is 22.7. The molecule has 2 heterocycles. The monoisotopic (exact) mass is 503 g/mol. The molecule has 0 amide bonds. The fourth-order valence-corrected chi connectivity index (χ4v) is 4.36. The lowest BCUT2D eigenvalue weighted by Gasteiger charge is -2.13. The van der Waals surface area contributed by atoms with Crippen LogP contribution in [-0.4, -0.2) is 17.4 Å². The van der Waals surface area contributed by atoms with Crippen LogP contribution in [0.15, 0.2) is 64.6 Å². The highest BCUT2D eigenvalue weighted by Crippen LogP contribution is 2.44. The maximum atomic E-state index is 14.2. The number of fused-ring (bicyclic) bond motifs is 1. The third-order valence-corrected chi connectivity index (χ3v) is 6.58. The maximum absolute atomic E-state index is 14.2. The van der Waals surface area contributed by atoms with Gasteiger partial charge in [-0.05, 0) is 82.7 Å². The molecular formula is C29H39F2NO2S. The molecule has 0 N–H and O–H groups in total. The summed E-state index contributed by atoms with van der Waals surface area (Å²) < 4.78 is 40.8. The van der Waals surface area contributed by atoms with Crippen LogP contribution in [0.3, 0.4) is 0 Å². The molecule has 192 valence electrons. The average Bonchev–Trinajstić information content (AvgIpc) is 3.51. The van der Waals surface area contributed by atoms with Gasteiger partial charge in [0.05, 0.1) is 4.90 Å². The molecule has 6 heteroatoms. The summed E-state index contributed by atoms with van der Waals surface area (Å²) in [4.78, 5) is 0.536. The highest BCUT2D eigenvalue weighted by atomic mass is 32.2. The van der Waals surface area contributed by atoms with Crippen molar-refractivity contribution in [3.05, 3.63) is 76.9 Å². The van der Waals surface area contributed by atoms with Crippen molar-refractivity contribution in [3.63, 3.8) is 0 Å². The average molecular weight is 504 g/mol. The molecular weight excluding hydrogens is 464 g/mol. The van der Waals surface area contributed by atoms with Gasteiger partial charge in [0.15, 0.2) is 11.5 Å². The van der Waals surface area contributed by atoms with E-state index in [0.29, 0.717) is 22.0 Å². The summed E-state index contributed by atoms with van der Waals surface area (Å²) in [5.41, 5.74) is 3.58. The van der Waals surface area contributed by atoms with Gasteiger partial charge in [-0.15, -0.1) is 0 Å². The number of rotatable bonds is 6. The van der Waals surface area contributed by atoms with Gasteiger partial charge in [0, 0.05) is 30.8 Å². The molecule has 1 atom stereocenters. The molecule has 0 spiro atoms. The Balaban J connectivity index is 0.000000307. The van der Waals surface area contributed by atoms with Gasteiger partial charge in [-0.2, -0.15) is 0 Å². The van der Waals surface area contributed by atoms with Crippen LogP contribution in [0.4, 0.5) is 8.78 Å². The van der Waals surface area contributed by atoms with Crippen molar-refractivity contribution in [2.45, 2.75) is 78.4 Å². The number of allylic oxidation sites excluding steroid dienone is 4. The number of hydrogen-bond donors (Lipinski definition) is 0. The number of hydrogen-bond acceptors (Lipinski definition) is 4. The smallest absolute Gasteiger partial charge is 0.267 e. The van der Waals surface area contributed by atoms with Crippen LogP contribution in [0.2, 0.25) is 0 Å². The summed E-state index contributed by atoms with van der Waals surface area (Å²) in [7, 11) is 0. The molecule has 2 aliphatic rings. The largest absolute Gasteiger partial charge is 0.447 e. The molecule has 2 aliphatic heterocycles. The fraction of sp³-hybridized carbons (Fsp3) is 0.448. The van der Waals surface area contributed by atoms with Crippen LogP contribution in [0, 0.1) is 11.6 Å². The molecule has 2 aromatic rings. The molecule has 0 aliphatic carbocycles. The Morgan fingerprint density at radius 2 is 1.57 bits per heavy atom. The number of halogens is 2. The summed E-state index contributed by atoms with van der Waals surface area (Å²) in [6, 6.07) is 8.93. The second-order valence-corrected chi connectivity index (χ2v) is 9.64. The molecule has 4 rings (SSSR count). The molecule has 1 unspecified atom stereocenters. The van der Waals surface area contributed by atoms with E-state index in [1.165, 1.54) is 47.7 Å². The Morgan fingerprint density at radius 3 is 2.14 bits per heavy atom. The molecule has 1 fully saturated rings. The van der Waals surface area contributed by atoms with Gasteiger partial charge in [-0.3, -0.25) is 0 Å². The minimum atomic E-state index is -0.669. The molecule has 35 heavy (non-hydrogen) atoms. The summed E-state index contributed by atoms with van der Waals surface area (Å²) >= 11 is 1.42. The SMILES string of the molecule is CC.CC/C(C)=C\CC=C(C)C.Fc1ccc(C2Oc3cc(F)c(SN4CCCC4)cc3O2)cc1. The van der Waals surface area contributed by atoms with Crippen molar-refractivity contribution >= 4 is 11.9 Å². The zero-order valence-electron chi connectivity index (χ0n) is 21.9. The number of benzene rings is 2. The first-order valence-corrected chi connectivity index (χ1v) is 13.3. The van der Waals surface area contributed by atoms with E-state index < -0.39 is 6.29 Å². The van der Waals surface area contributed by atoms with Gasteiger partial charge >= 0.3 is 0 Å². The predicted molar refractivity (Wildman–Crippen MR) is 143 cm³/mol. The number of nitrogens with zero attached hydrogens (tertiary/aromatic N) is 1. The van der Waals surface area contributed by atoms with E-state index in [1.54, 1.807) is 18.2 Å². The molecule has 0 bridgehead atoms. The van der Waals surface area contributed by atoms with Crippen LogP contribution < -0.4 is 9.47 Å². The van der Waals surface area contributed by atoms with Crippen molar-refractivity contribution in [2.24, 2.45) is 0 Å². The summed E-state index contributed by atoms with van der Waals surface area (Å²) in [6.07, 6.45) is 8.43. The lowest BCUT2D eigenvalue weighted by molar-refractivity contribution is 0.0485. The quantitative estimate of drug-likeness (QED) is 0.289. The molecule has 0 saturated carbocycles. The first-order chi connectivity index (χ1) is 16.9. The Hall–Kier alpha value is -2.31. The van der Waals surface area contributed by atoms with E-state index in [0.717, 1.165) is 32.4 Å². The van der Waals surface area contributed by atoms with Gasteiger partial charge in [-0.1, -0.05) is 44.1 Å². The molecule has 2 aromatic carbocycles. The minimum Gasteiger partial charge on any atom is -0.447 e. The molecule has 0 aromatic heterocycles. The second-order valence-electron chi connectivity index (χ2n) is 8.50. The highest BCUT2D eigenvalue weighted by Gasteiger charge is 2.28. The van der Waals surface area contributed by atoms with Gasteiger partial charge in [0.2, 0.25) is 0 Å². The van der Waals surface area contributed by atoms with E-state index in [4.69, 9.17) is 9.47 Å². The van der Waals surface area contributed by atoms with Crippen molar-refractivity contribution in [1.29, 1.82) is 0 Å². The standard InChI is InChI=1S/C17H15F2NO2S.C10H18.C2H6/c18-12-5-3-11(4-6-12)17-21-14-9-13(19)16(10-15(14)22-17)23-20-7-1-2-8-20;1-5-10(4)8-6-7-9(2)3;1-2/h3-6,9-10,17H,1-2,7-8H2;7-8H,5-6H2,1-4H3;1-2H3/b;10-8-;. The van der Waals surface area contributed by atoms with Crippen molar-refractivity contribution in [2.75, 3.05) is 13.1 Å². The predicted octanol–water partition coefficient (Wildman–Crippen LogP) is 9.26. The second kappa shape index (κ2) is 14.9. The highest BCUT2D eigenvalue weighted by molar-refractivity contribution is 7.97. The van der Waals surface area contributed by atoms with E-state index in [-0.39, 0.29) is 11.6 Å². The first kappa shape index (κ1) is 28.9. The zero-order chi connectivity index (χ0) is 25.8. The number of ether oxygens (including phenoxy) is 2. The Labute approximate surface area is 214 Å². The van der Waals surface area contributed by atoms with Gasteiger partial charge in [0.1, 0.15) is 11.6 Å². The minimum absolute atomic E-state index is 0.316. The normalized spacial score (nSPS) is 16.7. The van der Waals surface area contributed by atoms with E-state index >= 15 is 0 Å². The van der Waals surface area contributed by atoms with Crippen LogP contribution in [0.25, 0.3) is 0 Å². The summed E-state index contributed by atoms with van der Waals surface area (Å²) in [5, 5.41) is 0. The van der Waals surface area contributed by atoms with Gasteiger partial charge < -0.3 is 9.47 Å². The van der Waals surface area contributed by atoms with E-state index in [2.05, 4.69) is 44.2 Å². The van der Waals surface area contributed by atoms with Crippen molar-refractivity contribution in [1.82, 2.24) is 4.31 Å². The Kier molecular flexibility index (Phi) is 12.4. The van der Waals surface area contributed by atoms with Crippen LogP contribution in [0.5, 0.6) is 11.5 Å². The van der Waals surface area contributed by atoms with Crippen LogP contribution >= 0.6 is 11.9 Å². The van der Waals surface area contributed by atoms with E-state index in [9.17, 15) is 8.78 Å². The lowest BCUT2D eigenvalue weighted by atomic mass is 10.2. The van der Waals surface area contributed by atoms with Crippen LogP contribution in [-0.2, 0) is 0 Å². The summed E-state index contributed by atoms with van der Waals surface area (Å²) in [6.45, 7) is 14.6.